The SMILES string of the molecule is COc1cc(S(=O)(=O)CCOS(=O)(=O)O)c(C)cc1N=Nc1c(C(N)=O)[nH]n(-c2cccc(S(=O)(=O)O)c2)c1=O. The molecule has 40 heavy (non-hydrogen) atoms. The van der Waals surface area contributed by atoms with Gasteiger partial charge in [0.2, 0.25) is 0 Å². The van der Waals surface area contributed by atoms with Crippen LogP contribution in [0.25, 0.3) is 5.69 Å². The van der Waals surface area contributed by atoms with E-state index in [1.807, 2.05) is 0 Å². The van der Waals surface area contributed by atoms with Crippen LogP contribution in [-0.4, -0.2) is 69.5 Å². The Morgan fingerprint density at radius 3 is 2.33 bits per heavy atom. The Labute approximate surface area is 226 Å². The van der Waals surface area contributed by atoms with Crippen molar-refractivity contribution in [2.24, 2.45) is 16.0 Å². The Hall–Kier alpha value is -3.95. The van der Waals surface area contributed by atoms with Crippen LogP contribution in [0, 0.1) is 6.92 Å². The third-order valence-corrected chi connectivity index (χ3v) is 8.27. The van der Waals surface area contributed by atoms with E-state index in [2.05, 4.69) is 19.5 Å². The molecule has 5 N–H and O–H groups in total. The second-order valence-electron chi connectivity index (χ2n) is 7.87. The fourth-order valence-corrected chi connectivity index (χ4v) is 5.63. The van der Waals surface area contributed by atoms with Crippen LogP contribution < -0.4 is 16.0 Å². The van der Waals surface area contributed by atoms with E-state index in [1.54, 1.807) is 0 Å². The van der Waals surface area contributed by atoms with E-state index in [0.717, 1.165) is 22.9 Å². The second kappa shape index (κ2) is 11.3. The molecular formula is C20H21N5O12S3. The van der Waals surface area contributed by atoms with Crippen molar-refractivity contribution in [3.63, 3.8) is 0 Å². The topological polar surface area (TPSA) is 267 Å². The first kappa shape index (κ1) is 30.6. The quantitative estimate of drug-likeness (QED) is 0.172. The van der Waals surface area contributed by atoms with Gasteiger partial charge in [0.05, 0.1) is 34.9 Å². The molecule has 0 spiro atoms. The molecule has 3 aromatic rings. The summed E-state index contributed by atoms with van der Waals surface area (Å²) in [6.45, 7) is 0.530. The molecule has 0 aliphatic heterocycles. The Kier molecular flexibility index (Phi) is 8.62. The molecule has 0 aliphatic rings. The number of ether oxygens (including phenoxy) is 1. The van der Waals surface area contributed by atoms with Crippen molar-refractivity contribution in [3.8, 4) is 11.4 Å². The molecule has 0 radical (unpaired) electrons. The molecule has 0 saturated heterocycles. The van der Waals surface area contributed by atoms with Crippen LogP contribution >= 0.6 is 0 Å². The molecule has 1 heterocycles. The molecule has 0 fully saturated rings. The molecule has 0 atom stereocenters. The number of nitrogens with one attached hydrogen (secondary N) is 1. The average Bonchev–Trinajstić information content (AvgIpc) is 3.17. The predicted octanol–water partition coefficient (Wildman–Crippen LogP) is 0.837. The fraction of sp³-hybridized carbons (Fsp3) is 0.200. The van der Waals surface area contributed by atoms with Gasteiger partial charge in [-0.3, -0.25) is 23.8 Å². The number of sulfone groups is 1. The van der Waals surface area contributed by atoms with Gasteiger partial charge in [-0.25, -0.2) is 17.3 Å². The Morgan fingerprint density at radius 1 is 1.07 bits per heavy atom. The lowest BCUT2D eigenvalue weighted by Crippen LogP contribution is -2.16. The smallest absolute Gasteiger partial charge is 0.397 e. The Balaban J connectivity index is 2.05. The molecule has 17 nitrogen and oxygen atoms in total. The number of rotatable bonds is 11. The van der Waals surface area contributed by atoms with Crippen molar-refractivity contribution in [2.75, 3.05) is 19.5 Å². The summed E-state index contributed by atoms with van der Waals surface area (Å²) in [7, 11) is -12.4. The van der Waals surface area contributed by atoms with Gasteiger partial charge in [-0.1, -0.05) is 6.07 Å². The summed E-state index contributed by atoms with van der Waals surface area (Å²) in [6, 6.07) is 6.84. The summed E-state index contributed by atoms with van der Waals surface area (Å²) in [5.41, 5.74) is 3.23. The van der Waals surface area contributed by atoms with Gasteiger partial charge in [-0.15, -0.1) is 10.2 Å². The summed E-state index contributed by atoms with van der Waals surface area (Å²) < 4.78 is 97.5. The molecule has 0 unspecified atom stereocenters. The third kappa shape index (κ3) is 6.97. The van der Waals surface area contributed by atoms with E-state index in [4.69, 9.17) is 15.0 Å². The van der Waals surface area contributed by atoms with Crippen LogP contribution in [0.1, 0.15) is 16.1 Å². The molecule has 0 aliphatic carbocycles. The first-order valence-corrected chi connectivity index (χ1v) is 15.1. The molecule has 0 bridgehead atoms. The van der Waals surface area contributed by atoms with E-state index in [-0.39, 0.29) is 27.6 Å². The highest BCUT2D eigenvalue weighted by molar-refractivity contribution is 7.91. The number of hydrogen-bond acceptors (Lipinski definition) is 12. The maximum atomic E-state index is 13.0. The number of aromatic amines is 1. The number of methoxy groups -OCH3 is 1. The fourth-order valence-electron chi connectivity index (χ4n) is 3.35. The van der Waals surface area contributed by atoms with Crippen LogP contribution in [-0.2, 0) is 34.5 Å². The van der Waals surface area contributed by atoms with Gasteiger partial charge in [0.1, 0.15) is 11.4 Å². The van der Waals surface area contributed by atoms with Gasteiger partial charge in [-0.05, 0) is 36.8 Å². The number of benzene rings is 2. The minimum atomic E-state index is -4.85. The molecular weight excluding hydrogens is 598 g/mol. The highest BCUT2D eigenvalue weighted by Gasteiger charge is 2.23. The number of azo groups is 1. The van der Waals surface area contributed by atoms with Gasteiger partial charge >= 0.3 is 10.4 Å². The number of carbonyl (C=O) groups excluding carboxylic acids is 1. The number of nitrogens with two attached hydrogens (primary N) is 1. The molecule has 2 aromatic carbocycles. The van der Waals surface area contributed by atoms with Crippen molar-refractivity contribution in [3.05, 3.63) is 58.0 Å². The van der Waals surface area contributed by atoms with Crippen molar-refractivity contribution in [2.45, 2.75) is 16.7 Å². The van der Waals surface area contributed by atoms with Crippen LogP contribution in [0.5, 0.6) is 5.75 Å². The molecule has 1 amide bonds. The standard InChI is InChI=1S/C20H21N5O12S3/c1-11-8-14(15(36-2)10-16(11)38(28,29)7-6-37-40(33,34)35)22-23-18-17(19(21)26)24-25(20(18)27)12-4-3-5-13(9-12)39(30,31)32/h3-5,8-10,24H,6-7H2,1-2H3,(H2,21,26)(H,30,31,32)(H,33,34,35). The van der Waals surface area contributed by atoms with Crippen LogP contribution in [0.3, 0.4) is 0 Å². The summed E-state index contributed by atoms with van der Waals surface area (Å²) >= 11 is 0. The molecule has 1 aromatic heterocycles. The van der Waals surface area contributed by atoms with Crippen LogP contribution in [0.4, 0.5) is 11.4 Å². The lowest BCUT2D eigenvalue weighted by atomic mass is 10.2. The third-order valence-electron chi connectivity index (χ3n) is 5.14. The van der Waals surface area contributed by atoms with Gasteiger partial charge in [0.25, 0.3) is 21.6 Å². The zero-order valence-electron chi connectivity index (χ0n) is 20.5. The van der Waals surface area contributed by atoms with Crippen molar-refractivity contribution < 1.29 is 48.1 Å². The highest BCUT2D eigenvalue weighted by Crippen LogP contribution is 2.34. The minimum Gasteiger partial charge on any atom is -0.494 e. The molecule has 216 valence electrons. The van der Waals surface area contributed by atoms with Crippen molar-refractivity contribution in [1.82, 2.24) is 9.78 Å². The summed E-state index contributed by atoms with van der Waals surface area (Å²) in [6.07, 6.45) is 0. The van der Waals surface area contributed by atoms with E-state index >= 15 is 0 Å². The number of nitrogens with zero attached hydrogens (tertiary/aromatic N) is 3. The second-order valence-corrected chi connectivity index (χ2v) is 12.5. The normalized spacial score (nSPS) is 12.6. The summed E-state index contributed by atoms with van der Waals surface area (Å²) in [5.74, 6) is -2.06. The van der Waals surface area contributed by atoms with Crippen molar-refractivity contribution in [1.29, 1.82) is 0 Å². The number of amides is 1. The Bertz CT molecular complexity index is 1890. The summed E-state index contributed by atoms with van der Waals surface area (Å²) in [5, 5.41) is 10.1. The minimum absolute atomic E-state index is 0.0796. The number of H-pyrrole nitrogens is 1. The van der Waals surface area contributed by atoms with E-state index in [9.17, 15) is 39.4 Å². The number of aryl methyl sites for hydroxylation is 1. The first-order valence-electron chi connectivity index (χ1n) is 10.6. The van der Waals surface area contributed by atoms with Gasteiger partial charge in [-0.2, -0.15) is 16.8 Å². The molecule has 0 saturated carbocycles. The van der Waals surface area contributed by atoms with Crippen molar-refractivity contribution >= 4 is 47.6 Å². The lowest BCUT2D eigenvalue weighted by molar-refractivity contribution is 0.0995. The maximum absolute atomic E-state index is 13.0. The van der Waals surface area contributed by atoms with E-state index in [0.29, 0.717) is 0 Å². The van der Waals surface area contributed by atoms with Gasteiger partial charge < -0.3 is 10.5 Å². The number of primary amides is 1. The Morgan fingerprint density at radius 2 is 1.75 bits per heavy atom. The lowest BCUT2D eigenvalue weighted by Gasteiger charge is -2.11. The van der Waals surface area contributed by atoms with E-state index in [1.165, 1.54) is 32.2 Å². The maximum Gasteiger partial charge on any atom is 0.397 e. The zero-order valence-corrected chi connectivity index (χ0v) is 22.9. The van der Waals surface area contributed by atoms with Gasteiger partial charge in [0, 0.05) is 6.07 Å². The first-order chi connectivity index (χ1) is 18.4. The molecule has 20 heteroatoms. The average molecular weight is 620 g/mol. The van der Waals surface area contributed by atoms with Crippen LogP contribution in [0.2, 0.25) is 0 Å². The summed E-state index contributed by atoms with van der Waals surface area (Å²) in [4.78, 5) is 24.2. The monoisotopic (exact) mass is 619 g/mol. The predicted molar refractivity (Wildman–Crippen MR) is 136 cm³/mol. The van der Waals surface area contributed by atoms with Gasteiger partial charge in [0.15, 0.2) is 21.2 Å². The number of hydrogen-bond donors (Lipinski definition) is 4. The highest BCUT2D eigenvalue weighted by atomic mass is 32.3. The number of aromatic nitrogens is 2. The zero-order chi connectivity index (χ0) is 30.0. The molecule has 3 rings (SSSR count). The number of carbonyl (C=O) groups is 1. The van der Waals surface area contributed by atoms with Crippen LogP contribution in [0.15, 0.2) is 61.2 Å². The largest absolute Gasteiger partial charge is 0.494 e. The van der Waals surface area contributed by atoms with E-state index < -0.39 is 70.5 Å².